The van der Waals surface area contributed by atoms with Crippen molar-refractivity contribution in [2.45, 2.75) is 0 Å². The van der Waals surface area contributed by atoms with Crippen LogP contribution >= 0.6 is 0 Å². The van der Waals surface area contributed by atoms with Crippen LogP contribution in [0.15, 0.2) is 24.3 Å². The normalized spacial score (nSPS) is 11.5. The molecule has 0 heterocycles. The Hall–Kier alpha value is -4.22. The van der Waals surface area contributed by atoms with Crippen LogP contribution in [0.3, 0.4) is 0 Å². The number of fused-ring (bicyclic) bond motifs is 3. The number of carbonyl (C=O) groups is 2. The topological polar surface area (TPSA) is 173 Å². The molecule has 0 aromatic heterocycles. The summed E-state index contributed by atoms with van der Waals surface area (Å²) in [4.78, 5) is 55.6. The third-order valence-corrected chi connectivity index (χ3v) is 3.99. The number of nitrogens with zero attached hydrogens (tertiary/aromatic N) is 3. The summed E-state index contributed by atoms with van der Waals surface area (Å²) in [6.07, 6.45) is 0. The van der Waals surface area contributed by atoms with Crippen LogP contribution in [0.5, 0.6) is 0 Å². The molecular formula is C15H7N3O9. The molecule has 2 aromatic carbocycles. The number of ether oxygens (including phenoxy) is 1. The second kappa shape index (κ2) is 5.94. The molecule has 0 atom stereocenters. The Balaban J connectivity index is 2.47. The van der Waals surface area contributed by atoms with E-state index in [0.717, 1.165) is 25.3 Å². The standard InChI is InChI=1S/C15H7N3O9/c1-27-15(20)10-4-6(16(21)22)2-8-12(10)13-9(14(8)19)3-7(17(23)24)5-11(13)18(25)26/h2-5H,1H3. The zero-order chi connectivity index (χ0) is 20.0. The molecule has 12 nitrogen and oxygen atoms in total. The van der Waals surface area contributed by atoms with Crippen molar-refractivity contribution >= 4 is 28.8 Å². The average molecular weight is 373 g/mol. The van der Waals surface area contributed by atoms with E-state index in [4.69, 9.17) is 0 Å². The summed E-state index contributed by atoms with van der Waals surface area (Å²) < 4.78 is 4.56. The largest absolute Gasteiger partial charge is 0.465 e. The fourth-order valence-corrected chi connectivity index (χ4v) is 2.90. The Morgan fingerprint density at radius 2 is 1.37 bits per heavy atom. The SMILES string of the molecule is COC(=O)c1cc([N+](=O)[O-])cc2c1-c1c(cc([N+](=O)[O-])cc1[N+](=O)[O-])C2=O. The molecule has 3 rings (SSSR count). The number of methoxy groups -OCH3 is 1. The molecule has 136 valence electrons. The van der Waals surface area contributed by atoms with E-state index in [9.17, 15) is 39.9 Å². The molecule has 1 aliphatic carbocycles. The van der Waals surface area contributed by atoms with Crippen molar-refractivity contribution in [2.24, 2.45) is 0 Å². The van der Waals surface area contributed by atoms with Gasteiger partial charge in [0, 0.05) is 34.9 Å². The van der Waals surface area contributed by atoms with Gasteiger partial charge in [-0.05, 0) is 0 Å². The van der Waals surface area contributed by atoms with Crippen molar-refractivity contribution in [2.75, 3.05) is 7.11 Å². The summed E-state index contributed by atoms with van der Waals surface area (Å²) in [5, 5.41) is 33.6. The van der Waals surface area contributed by atoms with Crippen LogP contribution in [0.4, 0.5) is 17.1 Å². The Bertz CT molecular complexity index is 1090. The molecule has 0 amide bonds. The van der Waals surface area contributed by atoms with Crippen molar-refractivity contribution in [3.8, 4) is 11.1 Å². The molecule has 0 saturated heterocycles. The summed E-state index contributed by atoms with van der Waals surface area (Å²) >= 11 is 0. The van der Waals surface area contributed by atoms with E-state index >= 15 is 0 Å². The van der Waals surface area contributed by atoms with Gasteiger partial charge in [-0.15, -0.1) is 0 Å². The number of benzene rings is 2. The van der Waals surface area contributed by atoms with Crippen LogP contribution in [0.2, 0.25) is 0 Å². The number of hydrogen-bond acceptors (Lipinski definition) is 9. The molecule has 0 fully saturated rings. The number of hydrogen-bond donors (Lipinski definition) is 0. The lowest BCUT2D eigenvalue weighted by Crippen LogP contribution is -2.06. The molecule has 0 unspecified atom stereocenters. The van der Waals surface area contributed by atoms with Crippen molar-refractivity contribution < 1.29 is 29.1 Å². The number of esters is 1. The Labute approximate surface area is 148 Å². The monoisotopic (exact) mass is 373 g/mol. The minimum atomic E-state index is -1.05. The third kappa shape index (κ3) is 2.55. The van der Waals surface area contributed by atoms with E-state index in [1.807, 2.05) is 0 Å². The second-order valence-electron chi connectivity index (χ2n) is 5.40. The maximum absolute atomic E-state index is 12.7. The molecule has 12 heteroatoms. The highest BCUT2D eigenvalue weighted by molar-refractivity contribution is 6.26. The molecule has 0 radical (unpaired) electrons. The lowest BCUT2D eigenvalue weighted by atomic mass is 9.97. The van der Waals surface area contributed by atoms with Gasteiger partial charge >= 0.3 is 5.97 Å². The first-order chi connectivity index (χ1) is 12.7. The van der Waals surface area contributed by atoms with E-state index in [1.54, 1.807) is 0 Å². The zero-order valence-corrected chi connectivity index (χ0v) is 13.3. The zero-order valence-electron chi connectivity index (χ0n) is 13.3. The van der Waals surface area contributed by atoms with Crippen LogP contribution in [0.25, 0.3) is 11.1 Å². The molecule has 0 bridgehead atoms. The van der Waals surface area contributed by atoms with E-state index in [1.165, 1.54) is 0 Å². The fourth-order valence-electron chi connectivity index (χ4n) is 2.90. The van der Waals surface area contributed by atoms with Gasteiger partial charge in [0.2, 0.25) is 0 Å². The van der Waals surface area contributed by atoms with Crippen LogP contribution in [0.1, 0.15) is 26.3 Å². The molecule has 2 aromatic rings. The summed E-state index contributed by atoms with van der Waals surface area (Å²) in [5.41, 5.74) is -3.78. The molecular weight excluding hydrogens is 366 g/mol. The van der Waals surface area contributed by atoms with Crippen LogP contribution in [0, 0.1) is 30.3 Å². The van der Waals surface area contributed by atoms with Crippen molar-refractivity contribution in [1.82, 2.24) is 0 Å². The molecule has 0 saturated carbocycles. The number of nitro groups is 3. The molecule has 1 aliphatic rings. The van der Waals surface area contributed by atoms with Crippen LogP contribution < -0.4 is 0 Å². The molecule has 0 aliphatic heterocycles. The van der Waals surface area contributed by atoms with Crippen LogP contribution in [-0.2, 0) is 4.74 Å². The number of rotatable bonds is 4. The Morgan fingerprint density at radius 1 is 0.852 bits per heavy atom. The summed E-state index contributed by atoms with van der Waals surface area (Å²) in [6, 6.07) is 3.18. The van der Waals surface area contributed by atoms with Gasteiger partial charge in [0.1, 0.15) is 0 Å². The van der Waals surface area contributed by atoms with Gasteiger partial charge in [0.05, 0.1) is 39.1 Å². The first kappa shape index (κ1) is 17.6. The fraction of sp³-hybridized carbons (Fsp3) is 0.0667. The van der Waals surface area contributed by atoms with Gasteiger partial charge in [-0.1, -0.05) is 0 Å². The lowest BCUT2D eigenvalue weighted by molar-refractivity contribution is -0.393. The van der Waals surface area contributed by atoms with Crippen molar-refractivity contribution in [1.29, 1.82) is 0 Å². The first-order valence-electron chi connectivity index (χ1n) is 7.10. The van der Waals surface area contributed by atoms with Gasteiger partial charge in [0.15, 0.2) is 5.78 Å². The summed E-state index contributed by atoms with van der Waals surface area (Å²) in [7, 11) is 0.996. The molecule has 27 heavy (non-hydrogen) atoms. The summed E-state index contributed by atoms with van der Waals surface area (Å²) in [5.74, 6) is -1.95. The maximum atomic E-state index is 12.7. The minimum Gasteiger partial charge on any atom is -0.465 e. The van der Waals surface area contributed by atoms with E-state index in [2.05, 4.69) is 4.74 Å². The average Bonchev–Trinajstić information content (AvgIpc) is 2.92. The van der Waals surface area contributed by atoms with Gasteiger partial charge < -0.3 is 4.74 Å². The minimum absolute atomic E-state index is 0.228. The van der Waals surface area contributed by atoms with Gasteiger partial charge in [-0.25, -0.2) is 4.79 Å². The first-order valence-corrected chi connectivity index (χ1v) is 7.10. The number of nitro benzene ring substituents is 3. The maximum Gasteiger partial charge on any atom is 0.338 e. The predicted molar refractivity (Wildman–Crippen MR) is 86.6 cm³/mol. The third-order valence-electron chi connectivity index (χ3n) is 3.99. The van der Waals surface area contributed by atoms with E-state index < -0.39 is 54.7 Å². The smallest absolute Gasteiger partial charge is 0.338 e. The van der Waals surface area contributed by atoms with Crippen LogP contribution in [-0.4, -0.2) is 33.6 Å². The Morgan fingerprint density at radius 3 is 1.85 bits per heavy atom. The van der Waals surface area contributed by atoms with Gasteiger partial charge in [-0.3, -0.25) is 35.1 Å². The highest BCUT2D eigenvalue weighted by Crippen LogP contribution is 2.47. The Kier molecular flexibility index (Phi) is 3.87. The van der Waals surface area contributed by atoms with Crippen molar-refractivity contribution in [3.63, 3.8) is 0 Å². The quantitative estimate of drug-likeness (QED) is 0.378. The lowest BCUT2D eigenvalue weighted by Gasteiger charge is -2.08. The number of carbonyl (C=O) groups excluding carboxylic acids is 2. The highest BCUT2D eigenvalue weighted by atomic mass is 16.6. The molecule has 0 spiro atoms. The number of ketones is 1. The van der Waals surface area contributed by atoms with Gasteiger partial charge in [-0.2, -0.15) is 0 Å². The second-order valence-corrected chi connectivity index (χ2v) is 5.40. The molecule has 0 N–H and O–H groups in total. The highest BCUT2D eigenvalue weighted by Gasteiger charge is 2.40. The van der Waals surface area contributed by atoms with Gasteiger partial charge in [0.25, 0.3) is 17.1 Å². The number of non-ortho nitro benzene ring substituents is 2. The van der Waals surface area contributed by atoms with E-state index in [0.29, 0.717) is 6.07 Å². The van der Waals surface area contributed by atoms with E-state index in [-0.39, 0.29) is 16.7 Å². The van der Waals surface area contributed by atoms with Crippen molar-refractivity contribution in [3.05, 3.63) is 71.3 Å². The predicted octanol–water partition coefficient (Wildman–Crippen LogP) is 2.41. The summed E-state index contributed by atoms with van der Waals surface area (Å²) in [6.45, 7) is 0.